The lowest BCUT2D eigenvalue weighted by Gasteiger charge is -2.26. The fraction of sp³-hybridized carbons (Fsp3) is 0.550. The lowest BCUT2D eigenvalue weighted by Crippen LogP contribution is -2.37. The van der Waals surface area contributed by atoms with Gasteiger partial charge in [0, 0.05) is 47.9 Å². The van der Waals surface area contributed by atoms with Crippen LogP contribution in [0.5, 0.6) is 0 Å². The monoisotopic (exact) mass is 461 g/mol. The Labute approximate surface area is 184 Å². The molecule has 2 aromatic rings. The van der Waals surface area contributed by atoms with Gasteiger partial charge in [0.2, 0.25) is 0 Å². The van der Waals surface area contributed by atoms with Crippen LogP contribution in [-0.2, 0) is 23.1 Å². The first kappa shape index (κ1) is 21.2. The predicted molar refractivity (Wildman–Crippen MR) is 113 cm³/mol. The van der Waals surface area contributed by atoms with Gasteiger partial charge in [0.15, 0.2) is 4.77 Å². The van der Waals surface area contributed by atoms with Crippen LogP contribution in [0.3, 0.4) is 0 Å². The SMILES string of the molecule is Cl.Fc1ccc(Cl)c(F)c1[C@]12C[C@H]1c1c(CCCN3CCOCC3)[nH]c(=S)n1C2. The Balaban J connectivity index is 0.00000205. The highest BCUT2D eigenvalue weighted by Gasteiger charge is 2.64. The van der Waals surface area contributed by atoms with Crippen LogP contribution in [0, 0.1) is 16.4 Å². The number of halogens is 4. The Bertz CT molecular complexity index is 989. The number of aromatic nitrogens is 2. The van der Waals surface area contributed by atoms with Gasteiger partial charge in [-0.2, -0.15) is 0 Å². The van der Waals surface area contributed by atoms with Crippen molar-refractivity contribution in [1.82, 2.24) is 14.5 Å². The molecule has 1 saturated carbocycles. The number of hydrogen-bond acceptors (Lipinski definition) is 3. The third-order valence-electron chi connectivity index (χ3n) is 6.50. The van der Waals surface area contributed by atoms with Crippen molar-refractivity contribution in [2.24, 2.45) is 0 Å². The number of ether oxygens (including phenoxy) is 1. The van der Waals surface area contributed by atoms with Crippen LogP contribution in [0.25, 0.3) is 0 Å². The molecule has 29 heavy (non-hydrogen) atoms. The Morgan fingerprint density at radius 3 is 2.79 bits per heavy atom. The van der Waals surface area contributed by atoms with E-state index in [1.807, 2.05) is 4.57 Å². The van der Waals surface area contributed by atoms with E-state index in [1.165, 1.54) is 12.1 Å². The van der Waals surface area contributed by atoms with Gasteiger partial charge in [0.25, 0.3) is 0 Å². The van der Waals surface area contributed by atoms with Gasteiger partial charge in [-0.15, -0.1) is 12.4 Å². The zero-order chi connectivity index (χ0) is 19.5. The number of imidazole rings is 1. The van der Waals surface area contributed by atoms with Crippen molar-refractivity contribution in [2.45, 2.75) is 37.1 Å². The van der Waals surface area contributed by atoms with Crippen molar-refractivity contribution < 1.29 is 13.5 Å². The molecule has 1 aromatic heterocycles. The zero-order valence-electron chi connectivity index (χ0n) is 15.8. The number of H-pyrrole nitrogens is 1. The summed E-state index contributed by atoms with van der Waals surface area (Å²) < 4.78 is 37.3. The van der Waals surface area contributed by atoms with Crippen LogP contribution in [0.4, 0.5) is 8.78 Å². The summed E-state index contributed by atoms with van der Waals surface area (Å²) in [6.07, 6.45) is 2.64. The molecule has 5 rings (SSSR count). The standard InChI is InChI=1S/C20H22ClF2N3OS.ClH/c21-13-3-4-14(22)16(17(13)23)20-10-12(20)18-15(24-19(28)26(18)11-20)2-1-5-25-6-8-27-9-7-25;/h3-4,12H,1-2,5-11H2,(H,24,28);1H/t12-,20-;/m0./s1. The molecule has 1 N–H and O–H groups in total. The molecular weight excluding hydrogens is 439 g/mol. The molecule has 1 aromatic carbocycles. The van der Waals surface area contributed by atoms with E-state index in [0.29, 0.717) is 11.3 Å². The summed E-state index contributed by atoms with van der Waals surface area (Å²) in [5, 5.41) is -0.0242. The summed E-state index contributed by atoms with van der Waals surface area (Å²) in [5.74, 6) is -1.04. The number of nitrogens with one attached hydrogen (secondary N) is 1. The molecule has 0 radical (unpaired) electrons. The molecule has 2 fully saturated rings. The van der Waals surface area contributed by atoms with Crippen LogP contribution in [0.1, 0.15) is 35.7 Å². The van der Waals surface area contributed by atoms with Gasteiger partial charge >= 0.3 is 0 Å². The minimum absolute atomic E-state index is 0. The van der Waals surface area contributed by atoms with Crippen LogP contribution in [-0.4, -0.2) is 47.3 Å². The maximum atomic E-state index is 14.7. The van der Waals surface area contributed by atoms with Crippen molar-refractivity contribution in [2.75, 3.05) is 32.8 Å². The average molecular weight is 462 g/mol. The topological polar surface area (TPSA) is 33.2 Å². The van der Waals surface area contributed by atoms with Crippen molar-refractivity contribution in [3.63, 3.8) is 0 Å². The van der Waals surface area contributed by atoms with Crippen LogP contribution < -0.4 is 0 Å². The normalized spacial score (nSPS) is 25.4. The van der Waals surface area contributed by atoms with Crippen LogP contribution in [0.15, 0.2) is 12.1 Å². The first-order chi connectivity index (χ1) is 13.5. The average Bonchev–Trinajstić information content (AvgIpc) is 3.16. The van der Waals surface area contributed by atoms with E-state index in [2.05, 4.69) is 9.88 Å². The molecule has 0 spiro atoms. The second kappa shape index (κ2) is 7.93. The zero-order valence-corrected chi connectivity index (χ0v) is 18.2. The molecule has 0 amide bonds. The van der Waals surface area contributed by atoms with E-state index < -0.39 is 17.0 Å². The number of aryl methyl sites for hydroxylation is 1. The smallest absolute Gasteiger partial charge is 0.177 e. The maximum Gasteiger partial charge on any atom is 0.177 e. The number of aromatic amines is 1. The molecule has 158 valence electrons. The fourth-order valence-corrected chi connectivity index (χ4v) is 5.49. The van der Waals surface area contributed by atoms with Gasteiger partial charge in [0.1, 0.15) is 11.6 Å². The van der Waals surface area contributed by atoms with Gasteiger partial charge in [-0.05, 0) is 50.2 Å². The number of benzene rings is 1. The number of rotatable bonds is 5. The Morgan fingerprint density at radius 1 is 1.28 bits per heavy atom. The minimum atomic E-state index is -0.626. The summed E-state index contributed by atoms with van der Waals surface area (Å²) >= 11 is 11.5. The van der Waals surface area contributed by atoms with E-state index in [0.717, 1.165) is 63.5 Å². The molecule has 2 aliphatic heterocycles. The summed E-state index contributed by atoms with van der Waals surface area (Å²) in [7, 11) is 0. The third kappa shape index (κ3) is 3.45. The molecule has 3 heterocycles. The first-order valence-electron chi connectivity index (χ1n) is 9.77. The second-order valence-electron chi connectivity index (χ2n) is 8.07. The second-order valence-corrected chi connectivity index (χ2v) is 8.86. The largest absolute Gasteiger partial charge is 0.379 e. The fourth-order valence-electron chi connectivity index (χ4n) is 5.04. The highest BCUT2D eigenvalue weighted by atomic mass is 35.5. The highest BCUT2D eigenvalue weighted by molar-refractivity contribution is 7.71. The quantitative estimate of drug-likeness (QED) is 0.521. The summed E-state index contributed by atoms with van der Waals surface area (Å²) in [5.41, 5.74) is 1.83. The predicted octanol–water partition coefficient (Wildman–Crippen LogP) is 4.60. The number of fused-ring (bicyclic) bond motifs is 3. The molecule has 4 nitrogen and oxygen atoms in total. The van der Waals surface area contributed by atoms with Crippen LogP contribution >= 0.6 is 36.2 Å². The van der Waals surface area contributed by atoms with E-state index >= 15 is 0 Å². The molecule has 1 aliphatic carbocycles. The van der Waals surface area contributed by atoms with Gasteiger partial charge in [0.05, 0.1) is 18.2 Å². The van der Waals surface area contributed by atoms with Crippen molar-refractivity contribution in [1.29, 1.82) is 0 Å². The summed E-state index contributed by atoms with van der Waals surface area (Å²) in [6.45, 7) is 5.07. The summed E-state index contributed by atoms with van der Waals surface area (Å²) in [4.78, 5) is 5.75. The van der Waals surface area contributed by atoms with Gasteiger partial charge in [-0.25, -0.2) is 8.78 Å². The molecule has 1 saturated heterocycles. The molecular formula is C20H23Cl2F2N3OS. The number of nitrogens with zero attached hydrogens (tertiary/aromatic N) is 2. The Hall–Kier alpha value is -0.990. The van der Waals surface area contributed by atoms with E-state index in [4.69, 9.17) is 28.6 Å². The Kier molecular flexibility index (Phi) is 5.81. The molecule has 3 aliphatic rings. The van der Waals surface area contributed by atoms with Crippen molar-refractivity contribution >= 4 is 36.2 Å². The number of hydrogen-bond donors (Lipinski definition) is 1. The third-order valence-corrected chi connectivity index (χ3v) is 7.11. The molecule has 0 bridgehead atoms. The van der Waals surface area contributed by atoms with Gasteiger partial charge in [-0.1, -0.05) is 11.6 Å². The van der Waals surface area contributed by atoms with Crippen molar-refractivity contribution in [3.05, 3.63) is 50.5 Å². The van der Waals surface area contributed by atoms with E-state index in [9.17, 15) is 8.78 Å². The molecule has 0 unspecified atom stereocenters. The van der Waals surface area contributed by atoms with E-state index in [1.54, 1.807) is 0 Å². The number of morpholine rings is 1. The van der Waals surface area contributed by atoms with Gasteiger partial charge < -0.3 is 14.3 Å². The lowest BCUT2D eigenvalue weighted by atomic mass is 9.92. The first-order valence-corrected chi connectivity index (χ1v) is 10.6. The maximum absolute atomic E-state index is 14.7. The molecule has 9 heteroatoms. The van der Waals surface area contributed by atoms with Crippen molar-refractivity contribution in [3.8, 4) is 0 Å². The summed E-state index contributed by atoms with van der Waals surface area (Å²) in [6, 6.07) is 2.55. The van der Waals surface area contributed by atoms with Gasteiger partial charge in [-0.3, -0.25) is 4.90 Å². The van der Waals surface area contributed by atoms with E-state index in [-0.39, 0.29) is 28.9 Å². The highest BCUT2D eigenvalue weighted by Crippen LogP contribution is 2.67. The Morgan fingerprint density at radius 2 is 2.03 bits per heavy atom. The lowest BCUT2D eigenvalue weighted by molar-refractivity contribution is 0.0374. The van der Waals surface area contributed by atoms with Crippen LogP contribution in [0.2, 0.25) is 5.02 Å². The minimum Gasteiger partial charge on any atom is -0.379 e. The molecule has 2 atom stereocenters.